The van der Waals surface area contributed by atoms with Crippen molar-refractivity contribution < 1.29 is 13.2 Å². The van der Waals surface area contributed by atoms with Crippen molar-refractivity contribution in [2.45, 2.75) is 6.92 Å². The third-order valence-corrected chi connectivity index (χ3v) is 5.80. The zero-order valence-electron chi connectivity index (χ0n) is 15.6. The summed E-state index contributed by atoms with van der Waals surface area (Å²) in [6, 6.07) is 17.7. The number of anilines is 1. The van der Waals surface area contributed by atoms with Crippen LogP contribution >= 0.6 is 0 Å². The number of carbonyl (C=O) groups is 1. The molecule has 0 atom stereocenters. The van der Waals surface area contributed by atoms with E-state index in [0.29, 0.717) is 28.2 Å². The van der Waals surface area contributed by atoms with Gasteiger partial charge in [0.1, 0.15) is 0 Å². The number of sulfonamides is 1. The fraction of sp³-hybridized carbons (Fsp3) is 0.0952. The quantitative estimate of drug-likeness (QED) is 0.496. The zero-order valence-corrected chi connectivity index (χ0v) is 16.4. The van der Waals surface area contributed by atoms with Crippen LogP contribution < -0.4 is 4.72 Å². The predicted octanol–water partition coefficient (Wildman–Crippen LogP) is 3.39. The first-order valence-corrected chi connectivity index (χ1v) is 10.7. The van der Waals surface area contributed by atoms with Crippen LogP contribution in [-0.4, -0.2) is 34.6 Å². The van der Waals surface area contributed by atoms with Crippen LogP contribution in [0.1, 0.15) is 22.8 Å². The molecule has 0 saturated carbocycles. The molecule has 7 nitrogen and oxygen atoms in total. The molecular weight excluding hydrogens is 388 g/mol. The Morgan fingerprint density at radius 1 is 1.07 bits per heavy atom. The van der Waals surface area contributed by atoms with Crippen LogP contribution in [0.4, 0.5) is 5.69 Å². The van der Waals surface area contributed by atoms with Crippen molar-refractivity contribution in [2.24, 2.45) is 0 Å². The first-order chi connectivity index (χ1) is 14.0. The largest absolute Gasteiger partial charge is 0.288 e. The number of aromatic nitrogens is 3. The Balaban J connectivity index is 1.77. The molecule has 0 spiro atoms. The standard InChI is InChI=1S/C21H18N4O3S/c1-2-29(27,28)24-17-10-6-9-16(13-17)19-11-12-22-21-18(14-23-25(19)21)20(26)15-7-4-3-5-8-15/h3-14,24H,2H2,1H3. The molecule has 0 aliphatic carbocycles. The predicted molar refractivity (Wildman–Crippen MR) is 111 cm³/mol. The maximum Gasteiger partial charge on any atom is 0.232 e. The summed E-state index contributed by atoms with van der Waals surface area (Å²) in [4.78, 5) is 17.2. The zero-order chi connectivity index (χ0) is 20.4. The summed E-state index contributed by atoms with van der Waals surface area (Å²) in [6.45, 7) is 1.58. The van der Waals surface area contributed by atoms with Crippen LogP contribution in [0.2, 0.25) is 0 Å². The van der Waals surface area contributed by atoms with Gasteiger partial charge in [-0.15, -0.1) is 0 Å². The number of carbonyl (C=O) groups excluding carboxylic acids is 1. The lowest BCUT2D eigenvalue weighted by atomic mass is 10.1. The van der Waals surface area contributed by atoms with Crippen LogP contribution in [0.15, 0.2) is 73.1 Å². The second-order valence-electron chi connectivity index (χ2n) is 6.41. The Bertz CT molecular complexity index is 1300. The van der Waals surface area contributed by atoms with E-state index in [2.05, 4.69) is 14.8 Å². The van der Waals surface area contributed by atoms with E-state index < -0.39 is 10.0 Å². The molecule has 29 heavy (non-hydrogen) atoms. The van der Waals surface area contributed by atoms with E-state index in [1.165, 1.54) is 6.20 Å². The van der Waals surface area contributed by atoms with Crippen molar-refractivity contribution >= 4 is 27.1 Å². The molecule has 0 amide bonds. The molecule has 8 heteroatoms. The maximum atomic E-state index is 12.8. The molecule has 0 aliphatic rings. The first-order valence-electron chi connectivity index (χ1n) is 9.02. The molecule has 2 aromatic carbocycles. The van der Waals surface area contributed by atoms with Gasteiger partial charge in [0.15, 0.2) is 11.4 Å². The average Bonchev–Trinajstić information content (AvgIpc) is 3.18. The van der Waals surface area contributed by atoms with E-state index in [4.69, 9.17) is 0 Å². The lowest BCUT2D eigenvalue weighted by Gasteiger charge is -2.09. The van der Waals surface area contributed by atoms with Gasteiger partial charge in [0.05, 0.1) is 23.2 Å². The van der Waals surface area contributed by atoms with E-state index in [1.54, 1.807) is 66.2 Å². The summed E-state index contributed by atoms with van der Waals surface area (Å²) in [5.74, 6) is -0.171. The Morgan fingerprint density at radius 3 is 2.62 bits per heavy atom. The summed E-state index contributed by atoms with van der Waals surface area (Å²) in [6.07, 6.45) is 3.11. The van der Waals surface area contributed by atoms with Gasteiger partial charge in [-0.05, 0) is 25.1 Å². The lowest BCUT2D eigenvalue weighted by Crippen LogP contribution is -2.14. The van der Waals surface area contributed by atoms with Gasteiger partial charge in [-0.2, -0.15) is 5.10 Å². The summed E-state index contributed by atoms with van der Waals surface area (Å²) < 4.78 is 27.9. The second kappa shape index (κ2) is 7.48. The molecule has 0 unspecified atom stereocenters. The topological polar surface area (TPSA) is 93.4 Å². The molecule has 0 fully saturated rings. The highest BCUT2D eigenvalue weighted by Crippen LogP contribution is 2.25. The third-order valence-electron chi connectivity index (χ3n) is 4.49. The van der Waals surface area contributed by atoms with Crippen molar-refractivity contribution in [3.8, 4) is 11.3 Å². The highest BCUT2D eigenvalue weighted by molar-refractivity contribution is 7.92. The Kier molecular flexibility index (Phi) is 4.85. The van der Waals surface area contributed by atoms with E-state index in [0.717, 1.165) is 5.56 Å². The number of nitrogens with one attached hydrogen (secondary N) is 1. The Hall–Kier alpha value is -3.52. The van der Waals surface area contributed by atoms with Crippen molar-refractivity contribution in [2.75, 3.05) is 10.5 Å². The lowest BCUT2D eigenvalue weighted by molar-refractivity contribution is 0.104. The van der Waals surface area contributed by atoms with E-state index in [-0.39, 0.29) is 11.5 Å². The Labute approximate surface area is 168 Å². The number of benzene rings is 2. The molecule has 4 aromatic rings. The monoisotopic (exact) mass is 406 g/mol. The molecule has 2 heterocycles. The number of nitrogens with zero attached hydrogens (tertiary/aromatic N) is 3. The molecule has 0 saturated heterocycles. The van der Waals surface area contributed by atoms with Crippen LogP contribution in [0.5, 0.6) is 0 Å². The van der Waals surface area contributed by atoms with Crippen molar-refractivity contribution in [1.29, 1.82) is 0 Å². The van der Waals surface area contributed by atoms with Crippen LogP contribution in [-0.2, 0) is 10.0 Å². The second-order valence-corrected chi connectivity index (χ2v) is 8.42. The average molecular weight is 406 g/mol. The van der Waals surface area contributed by atoms with E-state index >= 15 is 0 Å². The molecule has 1 N–H and O–H groups in total. The van der Waals surface area contributed by atoms with Crippen LogP contribution in [0, 0.1) is 0 Å². The van der Waals surface area contributed by atoms with Gasteiger partial charge < -0.3 is 0 Å². The number of ketones is 1. The number of hydrogen-bond donors (Lipinski definition) is 1. The van der Waals surface area contributed by atoms with Crippen molar-refractivity contribution in [3.63, 3.8) is 0 Å². The van der Waals surface area contributed by atoms with E-state index in [9.17, 15) is 13.2 Å². The number of hydrogen-bond acceptors (Lipinski definition) is 5. The number of fused-ring (bicyclic) bond motifs is 1. The SMILES string of the molecule is CCS(=O)(=O)Nc1cccc(-c2ccnc3c(C(=O)c4ccccc4)cnn23)c1. The normalized spacial score (nSPS) is 11.5. The summed E-state index contributed by atoms with van der Waals surface area (Å²) >= 11 is 0. The molecule has 4 rings (SSSR count). The van der Waals surface area contributed by atoms with Crippen LogP contribution in [0.25, 0.3) is 16.9 Å². The maximum absolute atomic E-state index is 12.8. The van der Waals surface area contributed by atoms with Gasteiger partial charge in [-0.25, -0.2) is 17.9 Å². The molecule has 2 aromatic heterocycles. The molecule has 0 aliphatic heterocycles. The molecule has 0 radical (unpaired) electrons. The van der Waals surface area contributed by atoms with Crippen molar-refractivity contribution in [3.05, 3.63) is 84.2 Å². The third kappa shape index (κ3) is 3.74. The van der Waals surface area contributed by atoms with Gasteiger partial charge >= 0.3 is 0 Å². The van der Waals surface area contributed by atoms with Gasteiger partial charge in [-0.3, -0.25) is 9.52 Å². The Morgan fingerprint density at radius 2 is 1.86 bits per heavy atom. The van der Waals surface area contributed by atoms with E-state index in [1.807, 2.05) is 12.1 Å². The van der Waals surface area contributed by atoms with Crippen molar-refractivity contribution in [1.82, 2.24) is 14.6 Å². The fourth-order valence-electron chi connectivity index (χ4n) is 3.01. The van der Waals surface area contributed by atoms with Crippen LogP contribution in [0.3, 0.4) is 0 Å². The number of rotatable bonds is 6. The summed E-state index contributed by atoms with van der Waals surface area (Å²) in [5.41, 5.74) is 3.31. The highest BCUT2D eigenvalue weighted by atomic mass is 32.2. The summed E-state index contributed by atoms with van der Waals surface area (Å²) in [5, 5.41) is 4.36. The minimum absolute atomic E-state index is 0.0131. The van der Waals surface area contributed by atoms with Gasteiger partial charge in [0.25, 0.3) is 0 Å². The van der Waals surface area contributed by atoms with Gasteiger partial charge in [0, 0.05) is 23.0 Å². The molecular formula is C21H18N4O3S. The molecule has 0 bridgehead atoms. The fourth-order valence-corrected chi connectivity index (χ4v) is 3.64. The summed E-state index contributed by atoms with van der Waals surface area (Å²) in [7, 11) is -3.38. The highest BCUT2D eigenvalue weighted by Gasteiger charge is 2.18. The first kappa shape index (κ1) is 18.8. The smallest absolute Gasteiger partial charge is 0.232 e. The van der Waals surface area contributed by atoms with Gasteiger partial charge in [-0.1, -0.05) is 42.5 Å². The minimum Gasteiger partial charge on any atom is -0.288 e. The van der Waals surface area contributed by atoms with Gasteiger partial charge in [0.2, 0.25) is 10.0 Å². The molecule has 146 valence electrons. The minimum atomic E-state index is -3.38.